The lowest BCUT2D eigenvalue weighted by atomic mass is 10.2. The molecule has 0 atom stereocenters. The molecule has 0 saturated heterocycles. The van der Waals surface area contributed by atoms with Crippen molar-refractivity contribution in [2.45, 2.75) is 13.5 Å². The molecule has 0 aliphatic rings. The number of hydrogen-bond donors (Lipinski definition) is 1. The fraction of sp³-hybridized carbons (Fsp3) is 0.111. The van der Waals surface area contributed by atoms with Gasteiger partial charge in [0.1, 0.15) is 18.1 Å². The highest BCUT2D eigenvalue weighted by Gasteiger charge is 2.13. The molecule has 0 aliphatic heterocycles. The van der Waals surface area contributed by atoms with E-state index in [4.69, 9.17) is 20.8 Å². The van der Waals surface area contributed by atoms with Crippen molar-refractivity contribution in [3.63, 3.8) is 0 Å². The molecule has 0 radical (unpaired) electrons. The molecule has 7 heteroatoms. The van der Waals surface area contributed by atoms with Gasteiger partial charge in [-0.1, -0.05) is 23.7 Å². The molecule has 0 fully saturated rings. The summed E-state index contributed by atoms with van der Waals surface area (Å²) in [4.78, 5) is 4.47. The highest BCUT2D eigenvalue weighted by molar-refractivity contribution is 6.32. The van der Waals surface area contributed by atoms with Gasteiger partial charge in [-0.25, -0.2) is 4.98 Å². The Hall–Kier alpha value is -2.99. The van der Waals surface area contributed by atoms with Crippen LogP contribution in [0.4, 0.5) is 0 Å². The third-order valence-corrected chi connectivity index (χ3v) is 4.06. The Morgan fingerprint density at radius 3 is 2.88 bits per heavy atom. The second-order valence-electron chi connectivity index (χ2n) is 5.56. The van der Waals surface area contributed by atoms with E-state index >= 15 is 0 Å². The van der Waals surface area contributed by atoms with Gasteiger partial charge in [-0.05, 0) is 30.7 Å². The molecule has 3 aromatic heterocycles. The molecule has 0 amide bonds. The van der Waals surface area contributed by atoms with Crippen molar-refractivity contribution in [1.82, 2.24) is 14.6 Å². The monoisotopic (exact) mass is 355 g/mol. The summed E-state index contributed by atoms with van der Waals surface area (Å²) < 4.78 is 12.5. The number of benzene rings is 1. The van der Waals surface area contributed by atoms with Crippen LogP contribution in [0.15, 0.2) is 53.1 Å². The van der Waals surface area contributed by atoms with Gasteiger partial charge in [0.15, 0.2) is 11.4 Å². The first-order chi connectivity index (χ1) is 12.1. The average Bonchev–Trinajstić information content (AvgIpc) is 3.23. The maximum atomic E-state index is 10.2. The quantitative estimate of drug-likeness (QED) is 0.593. The molecule has 4 rings (SSSR count). The number of hydrogen-bond acceptors (Lipinski definition) is 5. The fourth-order valence-electron chi connectivity index (χ4n) is 2.57. The third-order valence-electron chi connectivity index (χ3n) is 3.76. The summed E-state index contributed by atoms with van der Waals surface area (Å²) in [7, 11) is 0. The van der Waals surface area contributed by atoms with Crippen molar-refractivity contribution in [1.29, 1.82) is 0 Å². The van der Waals surface area contributed by atoms with E-state index in [-0.39, 0.29) is 12.5 Å². The van der Waals surface area contributed by atoms with Crippen LogP contribution in [0.3, 0.4) is 0 Å². The van der Waals surface area contributed by atoms with Crippen molar-refractivity contribution < 1.29 is 14.3 Å². The number of aromatic hydroxyl groups is 1. The van der Waals surface area contributed by atoms with Crippen LogP contribution in [0.1, 0.15) is 11.3 Å². The van der Waals surface area contributed by atoms with Crippen molar-refractivity contribution in [3.8, 4) is 23.1 Å². The van der Waals surface area contributed by atoms with Gasteiger partial charge in [0.2, 0.25) is 5.88 Å². The SMILES string of the molecule is Cc1cccc(Cl)c1OCc1cc(O)n2nc(-c3ccco3)cc2n1. The Morgan fingerprint density at radius 2 is 2.12 bits per heavy atom. The van der Waals surface area contributed by atoms with Crippen LogP contribution in [0.25, 0.3) is 17.1 Å². The van der Waals surface area contributed by atoms with Crippen LogP contribution in [0.5, 0.6) is 11.6 Å². The first-order valence-corrected chi connectivity index (χ1v) is 8.00. The van der Waals surface area contributed by atoms with E-state index in [1.165, 1.54) is 10.6 Å². The van der Waals surface area contributed by atoms with Gasteiger partial charge in [0.05, 0.1) is 17.0 Å². The molecule has 126 valence electrons. The van der Waals surface area contributed by atoms with Gasteiger partial charge < -0.3 is 14.3 Å². The van der Waals surface area contributed by atoms with E-state index in [1.807, 2.05) is 19.1 Å². The second kappa shape index (κ2) is 6.14. The Balaban J connectivity index is 1.64. The number of aromatic nitrogens is 3. The number of ether oxygens (including phenoxy) is 1. The van der Waals surface area contributed by atoms with E-state index in [0.29, 0.717) is 33.6 Å². The molecule has 3 heterocycles. The Labute approximate surface area is 148 Å². The minimum Gasteiger partial charge on any atom is -0.493 e. The first kappa shape index (κ1) is 15.5. The lowest BCUT2D eigenvalue weighted by molar-refractivity contribution is 0.298. The van der Waals surface area contributed by atoms with Crippen molar-refractivity contribution in [2.75, 3.05) is 0 Å². The van der Waals surface area contributed by atoms with Crippen LogP contribution in [-0.4, -0.2) is 19.7 Å². The number of rotatable bonds is 4. The highest BCUT2D eigenvalue weighted by Crippen LogP contribution is 2.29. The van der Waals surface area contributed by atoms with Gasteiger partial charge >= 0.3 is 0 Å². The van der Waals surface area contributed by atoms with E-state index in [0.717, 1.165) is 5.56 Å². The first-order valence-electron chi connectivity index (χ1n) is 7.62. The molecule has 0 aliphatic carbocycles. The molecular weight excluding hydrogens is 342 g/mol. The molecule has 0 bridgehead atoms. The highest BCUT2D eigenvalue weighted by atomic mass is 35.5. The normalized spacial score (nSPS) is 11.1. The van der Waals surface area contributed by atoms with Crippen LogP contribution in [0, 0.1) is 6.92 Å². The average molecular weight is 356 g/mol. The minimum atomic E-state index is -0.0303. The molecule has 1 N–H and O–H groups in total. The van der Waals surface area contributed by atoms with Crippen LogP contribution in [0.2, 0.25) is 5.02 Å². The van der Waals surface area contributed by atoms with Crippen LogP contribution >= 0.6 is 11.6 Å². The molecule has 1 aromatic carbocycles. The summed E-state index contributed by atoms with van der Waals surface area (Å²) in [6, 6.07) is 12.4. The summed E-state index contributed by atoms with van der Waals surface area (Å²) >= 11 is 6.16. The summed E-state index contributed by atoms with van der Waals surface area (Å²) in [5, 5.41) is 15.0. The zero-order valence-corrected chi connectivity index (χ0v) is 14.1. The number of fused-ring (bicyclic) bond motifs is 1. The van der Waals surface area contributed by atoms with Crippen molar-refractivity contribution >= 4 is 17.2 Å². The van der Waals surface area contributed by atoms with Gasteiger partial charge in [0.25, 0.3) is 0 Å². The predicted octanol–water partition coefficient (Wildman–Crippen LogP) is 4.24. The maximum absolute atomic E-state index is 10.2. The minimum absolute atomic E-state index is 0.0303. The summed E-state index contributed by atoms with van der Waals surface area (Å²) in [5.74, 6) is 1.18. The van der Waals surface area contributed by atoms with Gasteiger partial charge in [0, 0.05) is 12.1 Å². The molecule has 0 saturated carbocycles. The molecule has 0 unspecified atom stereocenters. The van der Waals surface area contributed by atoms with E-state index < -0.39 is 0 Å². The van der Waals surface area contributed by atoms with Gasteiger partial charge in [-0.2, -0.15) is 9.61 Å². The summed E-state index contributed by atoms with van der Waals surface area (Å²) in [5.41, 5.74) is 2.59. The number of aryl methyl sites for hydroxylation is 1. The van der Waals surface area contributed by atoms with E-state index in [2.05, 4.69) is 10.1 Å². The third kappa shape index (κ3) is 2.92. The van der Waals surface area contributed by atoms with E-state index in [9.17, 15) is 5.11 Å². The molecule has 6 nitrogen and oxygen atoms in total. The molecule has 4 aromatic rings. The number of furan rings is 1. The molecule has 25 heavy (non-hydrogen) atoms. The zero-order chi connectivity index (χ0) is 17.4. The summed E-state index contributed by atoms with van der Waals surface area (Å²) in [6.07, 6.45) is 1.57. The van der Waals surface area contributed by atoms with Crippen LogP contribution < -0.4 is 4.74 Å². The lowest BCUT2D eigenvalue weighted by Gasteiger charge is -2.10. The standard InChI is InChI=1S/C18H14ClN3O3/c1-11-4-2-5-13(19)18(11)25-10-12-8-17(23)22-16(20-12)9-14(21-22)15-6-3-7-24-15/h2-9,23H,10H2,1H3. The molecular formula is C18H14ClN3O3. The number of para-hydroxylation sites is 1. The lowest BCUT2D eigenvalue weighted by Crippen LogP contribution is -2.02. The Kier molecular flexibility index (Phi) is 3.82. The Bertz CT molecular complexity index is 1020. The van der Waals surface area contributed by atoms with E-state index in [1.54, 1.807) is 30.5 Å². The smallest absolute Gasteiger partial charge is 0.215 e. The number of nitrogens with zero attached hydrogens (tertiary/aromatic N) is 3. The van der Waals surface area contributed by atoms with Crippen molar-refractivity contribution in [2.24, 2.45) is 0 Å². The zero-order valence-electron chi connectivity index (χ0n) is 13.3. The molecule has 0 spiro atoms. The Morgan fingerprint density at radius 1 is 1.24 bits per heavy atom. The van der Waals surface area contributed by atoms with Crippen LogP contribution in [-0.2, 0) is 6.61 Å². The second-order valence-corrected chi connectivity index (χ2v) is 5.96. The number of halogens is 1. The fourth-order valence-corrected chi connectivity index (χ4v) is 2.85. The predicted molar refractivity (Wildman–Crippen MR) is 92.9 cm³/mol. The topological polar surface area (TPSA) is 72.8 Å². The van der Waals surface area contributed by atoms with Crippen molar-refractivity contribution in [3.05, 3.63) is 65.0 Å². The van der Waals surface area contributed by atoms with Gasteiger partial charge in [-0.3, -0.25) is 0 Å². The largest absolute Gasteiger partial charge is 0.493 e. The summed E-state index contributed by atoms with van der Waals surface area (Å²) in [6.45, 7) is 2.10. The maximum Gasteiger partial charge on any atom is 0.215 e. The van der Waals surface area contributed by atoms with Gasteiger partial charge in [-0.15, -0.1) is 0 Å².